The smallest absolute Gasteiger partial charge is 0.255 e. The number of phenolic OH excluding ortho intramolecular Hbond substituents is 1. The summed E-state index contributed by atoms with van der Waals surface area (Å²) in [7, 11) is 0. The van der Waals surface area contributed by atoms with Gasteiger partial charge >= 0.3 is 0 Å². The number of aromatic hydroxyl groups is 1. The molecule has 5 nitrogen and oxygen atoms in total. The van der Waals surface area contributed by atoms with Gasteiger partial charge in [0.25, 0.3) is 5.91 Å². The first-order chi connectivity index (χ1) is 13.0. The predicted octanol–water partition coefficient (Wildman–Crippen LogP) is 5.37. The highest BCUT2D eigenvalue weighted by Crippen LogP contribution is 2.33. The number of nitrogens with one attached hydrogen (secondary N) is 1. The van der Waals surface area contributed by atoms with Crippen molar-refractivity contribution in [1.29, 1.82) is 0 Å². The van der Waals surface area contributed by atoms with Gasteiger partial charge < -0.3 is 14.8 Å². The number of oxazole rings is 1. The first-order valence-corrected chi connectivity index (χ1v) is 9.35. The number of hydrogen-bond acceptors (Lipinski definition) is 4. The highest BCUT2D eigenvalue weighted by molar-refractivity contribution is 14.1. The van der Waals surface area contributed by atoms with E-state index in [9.17, 15) is 9.90 Å². The molecule has 1 heterocycles. The van der Waals surface area contributed by atoms with E-state index in [1.54, 1.807) is 24.3 Å². The Morgan fingerprint density at radius 2 is 1.85 bits per heavy atom. The van der Waals surface area contributed by atoms with Crippen molar-refractivity contribution in [3.63, 3.8) is 0 Å². The fourth-order valence-electron chi connectivity index (χ4n) is 2.74. The fourth-order valence-corrected chi connectivity index (χ4v) is 3.10. The number of carbonyl (C=O) groups is 1. The van der Waals surface area contributed by atoms with Crippen LogP contribution in [0.1, 0.15) is 15.9 Å². The maximum atomic E-state index is 12.4. The monoisotopic (exact) mass is 470 g/mol. The number of anilines is 1. The van der Waals surface area contributed by atoms with Gasteiger partial charge in [-0.15, -0.1) is 0 Å². The number of nitrogens with zero attached hydrogens (tertiary/aromatic N) is 1. The number of aryl methyl sites for hydroxylation is 1. The second-order valence-corrected chi connectivity index (χ2v) is 7.43. The summed E-state index contributed by atoms with van der Waals surface area (Å²) < 4.78 is 6.82. The van der Waals surface area contributed by atoms with Crippen LogP contribution in [0, 0.1) is 10.5 Å². The third kappa shape index (κ3) is 3.66. The third-order valence-corrected chi connectivity index (χ3v) is 4.85. The molecule has 2 N–H and O–H groups in total. The van der Waals surface area contributed by atoms with Crippen molar-refractivity contribution in [1.82, 2.24) is 4.98 Å². The molecule has 0 radical (unpaired) electrons. The Hall–Kier alpha value is -2.87. The summed E-state index contributed by atoms with van der Waals surface area (Å²) in [6, 6.07) is 17.8. The summed E-state index contributed by atoms with van der Waals surface area (Å²) in [6.07, 6.45) is 0. The van der Waals surface area contributed by atoms with Crippen LogP contribution in [0.25, 0.3) is 22.6 Å². The van der Waals surface area contributed by atoms with Crippen LogP contribution in [0.3, 0.4) is 0 Å². The number of hydrogen-bond donors (Lipinski definition) is 2. The Bertz CT molecular complexity index is 1150. The van der Waals surface area contributed by atoms with Crippen LogP contribution in [0.4, 0.5) is 5.69 Å². The van der Waals surface area contributed by atoms with Crippen LogP contribution in [-0.4, -0.2) is 16.0 Å². The molecule has 0 aliphatic rings. The van der Waals surface area contributed by atoms with E-state index in [1.807, 2.05) is 37.3 Å². The minimum Gasteiger partial charge on any atom is -0.507 e. The third-order valence-electron chi connectivity index (χ3n) is 4.13. The molecule has 4 rings (SSSR count). The van der Waals surface area contributed by atoms with Gasteiger partial charge in [0.1, 0.15) is 11.3 Å². The minimum absolute atomic E-state index is 0.0329. The predicted molar refractivity (Wildman–Crippen MR) is 113 cm³/mol. The first-order valence-electron chi connectivity index (χ1n) is 8.27. The number of aromatic nitrogens is 1. The van der Waals surface area contributed by atoms with E-state index in [2.05, 4.69) is 32.9 Å². The van der Waals surface area contributed by atoms with Crippen LogP contribution >= 0.6 is 22.6 Å². The Morgan fingerprint density at radius 3 is 2.63 bits per heavy atom. The molecule has 4 aromatic rings. The van der Waals surface area contributed by atoms with Crippen LogP contribution in [-0.2, 0) is 0 Å². The average Bonchev–Trinajstić information content (AvgIpc) is 3.06. The van der Waals surface area contributed by atoms with E-state index < -0.39 is 0 Å². The molecule has 0 bridgehead atoms. The van der Waals surface area contributed by atoms with Crippen molar-refractivity contribution in [2.45, 2.75) is 6.92 Å². The molecule has 0 spiro atoms. The quantitative estimate of drug-likeness (QED) is 0.312. The molecule has 27 heavy (non-hydrogen) atoms. The van der Waals surface area contributed by atoms with E-state index in [4.69, 9.17) is 4.42 Å². The normalized spacial score (nSPS) is 10.9. The van der Waals surface area contributed by atoms with Crippen LogP contribution in [0.5, 0.6) is 5.75 Å². The highest BCUT2D eigenvalue weighted by Gasteiger charge is 2.14. The molecule has 0 saturated carbocycles. The Balaban J connectivity index is 1.66. The van der Waals surface area contributed by atoms with Gasteiger partial charge in [-0.25, -0.2) is 4.98 Å². The van der Waals surface area contributed by atoms with Crippen molar-refractivity contribution in [2.75, 3.05) is 5.32 Å². The van der Waals surface area contributed by atoms with Crippen LogP contribution < -0.4 is 5.32 Å². The van der Waals surface area contributed by atoms with Gasteiger partial charge in [0.05, 0.1) is 5.56 Å². The zero-order valence-electron chi connectivity index (χ0n) is 14.4. The lowest BCUT2D eigenvalue weighted by Gasteiger charge is -2.08. The molecule has 134 valence electrons. The van der Waals surface area contributed by atoms with Gasteiger partial charge in [-0.05, 0) is 89.7 Å². The molecule has 0 unspecified atom stereocenters. The second kappa shape index (κ2) is 7.03. The Morgan fingerprint density at radius 1 is 1.07 bits per heavy atom. The summed E-state index contributed by atoms with van der Waals surface area (Å²) in [6.45, 7) is 1.98. The molecule has 3 aromatic carbocycles. The zero-order valence-corrected chi connectivity index (χ0v) is 16.5. The lowest BCUT2D eigenvalue weighted by Crippen LogP contribution is -2.11. The summed E-state index contributed by atoms with van der Waals surface area (Å²) >= 11 is 2.19. The highest BCUT2D eigenvalue weighted by atomic mass is 127. The minimum atomic E-state index is -0.226. The SMILES string of the molecule is Cc1ccc2oc(-c3cc(NC(=O)c4ccc(I)cc4)ccc3O)nc2c1. The van der Waals surface area contributed by atoms with Crippen molar-refractivity contribution >= 4 is 45.3 Å². The molecule has 6 heteroatoms. The van der Waals surface area contributed by atoms with Crippen LogP contribution in [0.2, 0.25) is 0 Å². The molecular formula is C21H15IN2O3. The lowest BCUT2D eigenvalue weighted by molar-refractivity contribution is 0.102. The topological polar surface area (TPSA) is 75.4 Å². The summed E-state index contributed by atoms with van der Waals surface area (Å²) in [5, 5.41) is 13.1. The average molecular weight is 470 g/mol. The zero-order chi connectivity index (χ0) is 19.0. The van der Waals surface area contributed by atoms with Crippen molar-refractivity contribution in [3.05, 3.63) is 75.4 Å². The molecule has 0 fully saturated rings. The maximum Gasteiger partial charge on any atom is 0.255 e. The second-order valence-electron chi connectivity index (χ2n) is 6.18. The number of fused-ring (bicyclic) bond motifs is 1. The number of rotatable bonds is 3. The summed E-state index contributed by atoms with van der Waals surface area (Å²) in [4.78, 5) is 16.9. The van der Waals surface area contributed by atoms with Gasteiger partial charge in [0.15, 0.2) is 5.58 Å². The Kier molecular flexibility index (Phi) is 4.57. The van der Waals surface area contributed by atoms with E-state index >= 15 is 0 Å². The molecular weight excluding hydrogens is 455 g/mol. The number of halogens is 1. The molecule has 1 aromatic heterocycles. The van der Waals surface area contributed by atoms with Crippen molar-refractivity contribution in [2.24, 2.45) is 0 Å². The van der Waals surface area contributed by atoms with Crippen molar-refractivity contribution in [3.8, 4) is 17.2 Å². The number of phenols is 1. The standard InChI is InChI=1S/C21H15IN2O3/c1-12-2-9-19-17(10-12)24-21(27-19)16-11-15(7-8-18(16)25)23-20(26)13-3-5-14(22)6-4-13/h2-11,25H,1H3,(H,23,26). The van der Waals surface area contributed by atoms with Gasteiger partial charge in [-0.2, -0.15) is 0 Å². The van der Waals surface area contributed by atoms with Gasteiger partial charge in [-0.1, -0.05) is 6.07 Å². The van der Waals surface area contributed by atoms with Crippen LogP contribution in [0.15, 0.2) is 65.1 Å². The Labute approximate surface area is 169 Å². The maximum absolute atomic E-state index is 12.4. The van der Waals surface area contributed by atoms with Crippen molar-refractivity contribution < 1.29 is 14.3 Å². The molecule has 0 atom stereocenters. The van der Waals surface area contributed by atoms with Gasteiger partial charge in [0.2, 0.25) is 5.89 Å². The van der Waals surface area contributed by atoms with E-state index in [0.29, 0.717) is 28.3 Å². The number of amides is 1. The summed E-state index contributed by atoms with van der Waals surface area (Å²) in [5.74, 6) is 0.111. The molecule has 0 saturated heterocycles. The fraction of sp³-hybridized carbons (Fsp3) is 0.0476. The van der Waals surface area contributed by atoms with Gasteiger partial charge in [0, 0.05) is 14.8 Å². The largest absolute Gasteiger partial charge is 0.507 e. The van der Waals surface area contributed by atoms with E-state index in [0.717, 1.165) is 14.7 Å². The molecule has 1 amide bonds. The number of benzene rings is 3. The van der Waals surface area contributed by atoms with E-state index in [-0.39, 0.29) is 11.7 Å². The molecule has 0 aliphatic carbocycles. The van der Waals surface area contributed by atoms with E-state index in [1.165, 1.54) is 6.07 Å². The van der Waals surface area contributed by atoms with Gasteiger partial charge in [-0.3, -0.25) is 4.79 Å². The number of carbonyl (C=O) groups excluding carboxylic acids is 1. The summed E-state index contributed by atoms with van der Waals surface area (Å²) in [5.41, 5.74) is 3.96. The molecule has 0 aliphatic heterocycles. The lowest BCUT2D eigenvalue weighted by atomic mass is 10.1. The first kappa shape index (κ1) is 17.5.